The van der Waals surface area contributed by atoms with Crippen LogP contribution in [-0.4, -0.2) is 37.5 Å². The predicted molar refractivity (Wildman–Crippen MR) is 94.7 cm³/mol. The second-order valence-electron chi connectivity index (χ2n) is 5.50. The second-order valence-corrected chi connectivity index (χ2v) is 7.54. The van der Waals surface area contributed by atoms with E-state index in [-0.39, 0.29) is 0 Å². The van der Waals surface area contributed by atoms with Crippen molar-refractivity contribution in [2.75, 3.05) is 17.8 Å². The second kappa shape index (κ2) is 6.01. The van der Waals surface area contributed by atoms with E-state index in [2.05, 4.69) is 56.5 Å². The minimum atomic E-state index is 0.579. The smallest absolute Gasteiger partial charge is 0.191 e. The molecule has 1 aliphatic rings. The van der Waals surface area contributed by atoms with Gasteiger partial charge in [-0.15, -0.1) is 10.2 Å². The lowest BCUT2D eigenvalue weighted by Gasteiger charge is -2.08. The third-order valence-corrected chi connectivity index (χ3v) is 5.74. The number of aromatic amines is 1. The monoisotopic (exact) mass is 330 g/mol. The number of nitrogens with one attached hydrogen (secondary N) is 1. The Balaban J connectivity index is 1.75. The van der Waals surface area contributed by atoms with Crippen LogP contribution < -0.4 is 0 Å². The Labute approximate surface area is 138 Å². The number of thioether (sulfide) groups is 2. The summed E-state index contributed by atoms with van der Waals surface area (Å²) in [5.74, 6) is 3.23. The Morgan fingerprint density at radius 2 is 2.09 bits per heavy atom. The predicted octanol–water partition coefficient (Wildman–Crippen LogP) is 4.22. The molecule has 1 fully saturated rings. The largest absolute Gasteiger partial charge is 0.360 e. The van der Waals surface area contributed by atoms with Gasteiger partial charge in [0.15, 0.2) is 11.0 Å². The van der Waals surface area contributed by atoms with Gasteiger partial charge in [-0.1, -0.05) is 30.0 Å². The van der Waals surface area contributed by atoms with E-state index in [1.165, 1.54) is 18.2 Å². The number of fused-ring (bicyclic) bond motifs is 1. The molecule has 0 unspecified atom stereocenters. The number of aromatic nitrogens is 4. The molecule has 0 bridgehead atoms. The first-order chi connectivity index (χ1) is 10.9. The summed E-state index contributed by atoms with van der Waals surface area (Å²) in [6.07, 6.45) is 6.68. The highest BCUT2D eigenvalue weighted by molar-refractivity contribution is 8.02. The van der Waals surface area contributed by atoms with Crippen molar-refractivity contribution >= 4 is 34.4 Å². The molecule has 0 saturated heterocycles. The van der Waals surface area contributed by atoms with Gasteiger partial charge in [0.25, 0.3) is 0 Å². The Morgan fingerprint density at radius 3 is 2.91 bits per heavy atom. The van der Waals surface area contributed by atoms with Gasteiger partial charge < -0.3 is 4.98 Å². The van der Waals surface area contributed by atoms with Crippen molar-refractivity contribution in [2.45, 2.75) is 24.0 Å². The molecular weight excluding hydrogens is 312 g/mol. The average molecular weight is 330 g/mol. The molecule has 1 saturated carbocycles. The zero-order valence-corrected chi connectivity index (χ0v) is 14.1. The summed E-state index contributed by atoms with van der Waals surface area (Å²) >= 11 is 3.70. The van der Waals surface area contributed by atoms with E-state index < -0.39 is 0 Å². The van der Waals surface area contributed by atoms with E-state index >= 15 is 0 Å². The number of rotatable bonds is 6. The van der Waals surface area contributed by atoms with Gasteiger partial charge >= 0.3 is 0 Å². The van der Waals surface area contributed by atoms with Gasteiger partial charge in [0.05, 0.1) is 0 Å². The standard InChI is InChI=1S/C16H18N4S2/c1-21-8-9-22-16-19-18-15(20(16)11-6-7-11)13-10-17-14-5-3-2-4-12(13)14/h2-5,10-11,17H,6-9H2,1H3. The lowest BCUT2D eigenvalue weighted by atomic mass is 10.1. The summed E-state index contributed by atoms with van der Waals surface area (Å²) in [5.41, 5.74) is 2.31. The van der Waals surface area contributed by atoms with Crippen LogP contribution in [0, 0.1) is 0 Å². The summed E-state index contributed by atoms with van der Waals surface area (Å²) in [7, 11) is 0. The van der Waals surface area contributed by atoms with E-state index in [1.807, 2.05) is 23.5 Å². The molecule has 6 heteroatoms. The zero-order valence-electron chi connectivity index (χ0n) is 12.5. The molecule has 0 radical (unpaired) electrons. The maximum atomic E-state index is 4.51. The van der Waals surface area contributed by atoms with Crippen LogP contribution in [0.4, 0.5) is 0 Å². The van der Waals surface area contributed by atoms with Crippen molar-refractivity contribution in [1.29, 1.82) is 0 Å². The van der Waals surface area contributed by atoms with Gasteiger partial charge in [-0.05, 0) is 25.2 Å². The van der Waals surface area contributed by atoms with Crippen LogP contribution in [0.2, 0.25) is 0 Å². The van der Waals surface area contributed by atoms with Gasteiger partial charge in [0, 0.05) is 40.2 Å². The Kier molecular flexibility index (Phi) is 3.88. The highest BCUT2D eigenvalue weighted by Crippen LogP contribution is 2.42. The molecule has 4 rings (SSSR count). The van der Waals surface area contributed by atoms with Crippen LogP contribution in [0.1, 0.15) is 18.9 Å². The highest BCUT2D eigenvalue weighted by atomic mass is 32.2. The van der Waals surface area contributed by atoms with Crippen LogP contribution in [0.15, 0.2) is 35.6 Å². The third-order valence-electron chi connectivity index (χ3n) is 3.93. The average Bonchev–Trinajstić information content (AvgIpc) is 3.16. The fraction of sp³-hybridized carbons (Fsp3) is 0.375. The van der Waals surface area contributed by atoms with Gasteiger partial charge in [-0.2, -0.15) is 11.8 Å². The fourth-order valence-electron chi connectivity index (χ4n) is 2.69. The number of benzene rings is 1. The molecule has 114 valence electrons. The molecule has 3 aromatic rings. The Hall–Kier alpha value is -1.40. The molecular formula is C16H18N4S2. The first-order valence-electron chi connectivity index (χ1n) is 7.51. The highest BCUT2D eigenvalue weighted by Gasteiger charge is 2.30. The molecule has 4 nitrogen and oxygen atoms in total. The quantitative estimate of drug-likeness (QED) is 0.543. The van der Waals surface area contributed by atoms with Gasteiger partial charge in [0.1, 0.15) is 0 Å². The minimum Gasteiger partial charge on any atom is -0.360 e. The minimum absolute atomic E-state index is 0.579. The van der Waals surface area contributed by atoms with E-state index in [0.717, 1.165) is 33.6 Å². The van der Waals surface area contributed by atoms with Crippen LogP contribution >= 0.6 is 23.5 Å². The maximum absolute atomic E-state index is 4.51. The number of hydrogen-bond donors (Lipinski definition) is 1. The summed E-state index contributed by atoms with van der Waals surface area (Å²) in [6, 6.07) is 8.96. The van der Waals surface area contributed by atoms with Crippen LogP contribution in [0.3, 0.4) is 0 Å². The lowest BCUT2D eigenvalue weighted by molar-refractivity contribution is 0.670. The van der Waals surface area contributed by atoms with Crippen molar-refractivity contribution in [3.05, 3.63) is 30.5 Å². The van der Waals surface area contributed by atoms with Gasteiger partial charge in [0.2, 0.25) is 0 Å². The molecule has 1 aliphatic carbocycles. The third kappa shape index (κ3) is 2.54. The number of para-hydroxylation sites is 1. The van der Waals surface area contributed by atoms with Crippen LogP contribution in [-0.2, 0) is 0 Å². The number of hydrogen-bond acceptors (Lipinski definition) is 4. The number of H-pyrrole nitrogens is 1. The Morgan fingerprint density at radius 1 is 1.23 bits per heavy atom. The fourth-order valence-corrected chi connectivity index (χ4v) is 4.35. The normalized spacial score (nSPS) is 14.8. The van der Waals surface area contributed by atoms with E-state index in [1.54, 1.807) is 0 Å². The number of nitrogens with zero attached hydrogens (tertiary/aromatic N) is 3. The molecule has 0 atom stereocenters. The van der Waals surface area contributed by atoms with Crippen molar-refractivity contribution in [3.8, 4) is 11.4 Å². The van der Waals surface area contributed by atoms with Crippen molar-refractivity contribution in [1.82, 2.24) is 19.7 Å². The van der Waals surface area contributed by atoms with Crippen LogP contribution in [0.25, 0.3) is 22.3 Å². The lowest BCUT2D eigenvalue weighted by Crippen LogP contribution is -2.00. The SMILES string of the molecule is CSCCSc1nnc(-c2c[nH]c3ccccc23)n1C1CC1. The first kappa shape index (κ1) is 14.2. The molecule has 22 heavy (non-hydrogen) atoms. The molecule has 0 spiro atoms. The van der Waals surface area contributed by atoms with Crippen LogP contribution in [0.5, 0.6) is 0 Å². The summed E-state index contributed by atoms with van der Waals surface area (Å²) in [4.78, 5) is 3.34. The maximum Gasteiger partial charge on any atom is 0.191 e. The molecule has 0 amide bonds. The molecule has 1 N–H and O–H groups in total. The summed E-state index contributed by atoms with van der Waals surface area (Å²) in [5, 5.41) is 11.3. The first-order valence-corrected chi connectivity index (χ1v) is 9.89. The summed E-state index contributed by atoms with van der Waals surface area (Å²) < 4.78 is 2.35. The van der Waals surface area contributed by atoms with Gasteiger partial charge in [-0.3, -0.25) is 4.57 Å². The molecule has 0 aliphatic heterocycles. The van der Waals surface area contributed by atoms with E-state index in [4.69, 9.17) is 0 Å². The Bertz CT molecular complexity index is 788. The van der Waals surface area contributed by atoms with E-state index in [0.29, 0.717) is 6.04 Å². The van der Waals surface area contributed by atoms with Gasteiger partial charge in [-0.25, -0.2) is 0 Å². The summed E-state index contributed by atoms with van der Waals surface area (Å²) in [6.45, 7) is 0. The molecule has 2 heterocycles. The zero-order chi connectivity index (χ0) is 14.9. The van der Waals surface area contributed by atoms with Crippen molar-refractivity contribution in [2.24, 2.45) is 0 Å². The van der Waals surface area contributed by atoms with E-state index in [9.17, 15) is 0 Å². The topological polar surface area (TPSA) is 46.5 Å². The van der Waals surface area contributed by atoms with Crippen molar-refractivity contribution < 1.29 is 0 Å². The van der Waals surface area contributed by atoms with Crippen molar-refractivity contribution in [3.63, 3.8) is 0 Å². The molecule has 1 aromatic carbocycles. The molecule has 2 aromatic heterocycles.